The molecule has 112 valence electrons. The Labute approximate surface area is 123 Å². The third-order valence-corrected chi connectivity index (χ3v) is 4.08. The van der Waals surface area contributed by atoms with Crippen LogP contribution in [0.25, 0.3) is 0 Å². The van der Waals surface area contributed by atoms with Crippen LogP contribution in [0.2, 0.25) is 0 Å². The maximum absolute atomic E-state index is 5.83. The highest BCUT2D eigenvalue weighted by atomic mass is 16.5. The van der Waals surface area contributed by atoms with Gasteiger partial charge in [0, 0.05) is 18.8 Å². The van der Waals surface area contributed by atoms with Crippen molar-refractivity contribution >= 4 is 5.69 Å². The minimum atomic E-state index is 0.289. The van der Waals surface area contributed by atoms with E-state index in [9.17, 15) is 0 Å². The van der Waals surface area contributed by atoms with Crippen molar-refractivity contribution in [2.75, 3.05) is 31.1 Å². The van der Waals surface area contributed by atoms with Crippen LogP contribution < -0.4 is 15.0 Å². The molecule has 2 rings (SSSR count). The normalized spacial score (nSPS) is 20.1. The molecule has 2 unspecified atom stereocenters. The smallest absolute Gasteiger partial charge is 0.119 e. The van der Waals surface area contributed by atoms with Gasteiger partial charge in [-0.05, 0) is 63.0 Å². The number of benzene rings is 1. The lowest BCUT2D eigenvalue weighted by molar-refractivity contribution is 0.217. The predicted molar refractivity (Wildman–Crippen MR) is 85.7 cm³/mol. The van der Waals surface area contributed by atoms with E-state index < -0.39 is 0 Å². The summed E-state index contributed by atoms with van der Waals surface area (Å²) in [5.74, 6) is 1.76. The van der Waals surface area contributed by atoms with Gasteiger partial charge >= 0.3 is 0 Å². The lowest BCUT2D eigenvalue weighted by Gasteiger charge is -2.20. The lowest BCUT2D eigenvalue weighted by atomic mass is 10.1. The summed E-state index contributed by atoms with van der Waals surface area (Å²) in [6.45, 7) is 11.0. The Bertz CT molecular complexity index is 390. The molecule has 20 heavy (non-hydrogen) atoms. The molecule has 0 radical (unpaired) electrons. The van der Waals surface area contributed by atoms with Crippen molar-refractivity contribution in [1.29, 1.82) is 0 Å². The van der Waals surface area contributed by atoms with E-state index in [4.69, 9.17) is 4.74 Å². The van der Waals surface area contributed by atoms with Crippen LogP contribution in [0.4, 0.5) is 5.69 Å². The number of nitrogens with zero attached hydrogens (tertiary/aromatic N) is 1. The summed E-state index contributed by atoms with van der Waals surface area (Å²) in [6.07, 6.45) is 2.62. The van der Waals surface area contributed by atoms with Crippen molar-refractivity contribution in [3.05, 3.63) is 24.3 Å². The molecule has 0 amide bonds. The average Bonchev–Trinajstić information content (AvgIpc) is 2.94. The summed E-state index contributed by atoms with van der Waals surface area (Å²) in [5, 5.41) is 3.45. The van der Waals surface area contributed by atoms with Gasteiger partial charge in [-0.3, -0.25) is 0 Å². The van der Waals surface area contributed by atoms with Crippen LogP contribution in [0, 0.1) is 5.92 Å². The molecule has 1 aliphatic rings. The molecule has 0 spiro atoms. The molecule has 1 aromatic carbocycles. The average molecular weight is 276 g/mol. The zero-order chi connectivity index (χ0) is 14.4. The second kappa shape index (κ2) is 7.53. The summed E-state index contributed by atoms with van der Waals surface area (Å²) >= 11 is 0. The number of nitrogens with one attached hydrogen (secondary N) is 1. The predicted octanol–water partition coefficient (Wildman–Crippen LogP) is 3.30. The molecule has 1 aliphatic heterocycles. The Morgan fingerprint density at radius 2 is 2.05 bits per heavy atom. The lowest BCUT2D eigenvalue weighted by Crippen LogP contribution is -2.26. The van der Waals surface area contributed by atoms with Gasteiger partial charge in [-0.1, -0.05) is 13.8 Å². The van der Waals surface area contributed by atoms with E-state index in [1.54, 1.807) is 0 Å². The molecule has 1 heterocycles. The zero-order valence-corrected chi connectivity index (χ0v) is 13.1. The Kier molecular flexibility index (Phi) is 5.72. The van der Waals surface area contributed by atoms with Gasteiger partial charge in [0.1, 0.15) is 5.75 Å². The topological polar surface area (TPSA) is 24.5 Å². The number of hydrogen-bond donors (Lipinski definition) is 1. The molecule has 3 heteroatoms. The van der Waals surface area contributed by atoms with E-state index >= 15 is 0 Å². The Balaban J connectivity index is 1.87. The molecule has 1 aromatic rings. The minimum Gasteiger partial charge on any atom is -0.491 e. The third-order valence-electron chi connectivity index (χ3n) is 4.08. The molecule has 3 nitrogen and oxygen atoms in total. The van der Waals surface area contributed by atoms with Gasteiger partial charge in [-0.15, -0.1) is 0 Å². The summed E-state index contributed by atoms with van der Waals surface area (Å²) in [7, 11) is 0. The number of ether oxygens (including phenoxy) is 1. The summed E-state index contributed by atoms with van der Waals surface area (Å²) in [5.41, 5.74) is 1.32. The molecule has 0 aliphatic carbocycles. The summed E-state index contributed by atoms with van der Waals surface area (Å²) in [6, 6.07) is 8.57. The standard InChI is InChI=1S/C17H28N2O/c1-4-14(3)20-17-8-6-16(7-9-17)19-11-10-15(13-19)12-18-5-2/h6-9,14-15,18H,4-5,10-13H2,1-3H3. The molecule has 0 saturated carbocycles. The first-order chi connectivity index (χ1) is 9.72. The fourth-order valence-electron chi connectivity index (χ4n) is 2.63. The van der Waals surface area contributed by atoms with Crippen LogP contribution in [0.5, 0.6) is 5.75 Å². The highest BCUT2D eigenvalue weighted by Gasteiger charge is 2.22. The molecular weight excluding hydrogens is 248 g/mol. The maximum atomic E-state index is 5.83. The van der Waals surface area contributed by atoms with E-state index in [1.165, 1.54) is 25.2 Å². The third kappa shape index (κ3) is 4.14. The number of hydrogen-bond acceptors (Lipinski definition) is 3. The summed E-state index contributed by atoms with van der Waals surface area (Å²) in [4.78, 5) is 2.48. The van der Waals surface area contributed by atoms with Gasteiger partial charge in [0.05, 0.1) is 6.10 Å². The molecular formula is C17H28N2O. The van der Waals surface area contributed by atoms with Crippen molar-refractivity contribution in [2.45, 2.75) is 39.7 Å². The van der Waals surface area contributed by atoms with E-state index in [1.807, 2.05) is 0 Å². The fourth-order valence-corrected chi connectivity index (χ4v) is 2.63. The van der Waals surface area contributed by atoms with Gasteiger partial charge in [0.2, 0.25) is 0 Å². The summed E-state index contributed by atoms with van der Waals surface area (Å²) < 4.78 is 5.83. The quantitative estimate of drug-likeness (QED) is 0.827. The van der Waals surface area contributed by atoms with Gasteiger partial charge in [0.15, 0.2) is 0 Å². The van der Waals surface area contributed by atoms with Crippen molar-refractivity contribution in [3.8, 4) is 5.75 Å². The van der Waals surface area contributed by atoms with Crippen molar-refractivity contribution in [2.24, 2.45) is 5.92 Å². The van der Waals surface area contributed by atoms with Gasteiger partial charge in [0.25, 0.3) is 0 Å². The van der Waals surface area contributed by atoms with Crippen LogP contribution in [0.3, 0.4) is 0 Å². The van der Waals surface area contributed by atoms with E-state index in [2.05, 4.69) is 55.3 Å². The minimum absolute atomic E-state index is 0.289. The van der Waals surface area contributed by atoms with Crippen LogP contribution in [0.1, 0.15) is 33.6 Å². The van der Waals surface area contributed by atoms with E-state index in [0.717, 1.165) is 31.2 Å². The fraction of sp³-hybridized carbons (Fsp3) is 0.647. The van der Waals surface area contributed by atoms with Crippen LogP contribution in [-0.4, -0.2) is 32.3 Å². The molecule has 0 aromatic heterocycles. The number of anilines is 1. The SMILES string of the molecule is CCNCC1CCN(c2ccc(OC(C)CC)cc2)C1. The first kappa shape index (κ1) is 15.2. The number of rotatable bonds is 7. The first-order valence-electron chi connectivity index (χ1n) is 7.95. The Morgan fingerprint density at radius 3 is 2.70 bits per heavy atom. The van der Waals surface area contributed by atoms with Crippen LogP contribution in [-0.2, 0) is 0 Å². The second-order valence-electron chi connectivity index (χ2n) is 5.74. The molecule has 2 atom stereocenters. The van der Waals surface area contributed by atoms with Crippen molar-refractivity contribution in [1.82, 2.24) is 5.32 Å². The monoisotopic (exact) mass is 276 g/mol. The van der Waals surface area contributed by atoms with Crippen molar-refractivity contribution in [3.63, 3.8) is 0 Å². The van der Waals surface area contributed by atoms with Gasteiger partial charge in [-0.25, -0.2) is 0 Å². The maximum Gasteiger partial charge on any atom is 0.119 e. The Morgan fingerprint density at radius 1 is 1.30 bits per heavy atom. The highest BCUT2D eigenvalue weighted by molar-refractivity contribution is 5.49. The zero-order valence-electron chi connectivity index (χ0n) is 13.1. The van der Waals surface area contributed by atoms with Crippen LogP contribution in [0.15, 0.2) is 24.3 Å². The largest absolute Gasteiger partial charge is 0.491 e. The van der Waals surface area contributed by atoms with Gasteiger partial charge in [-0.2, -0.15) is 0 Å². The molecule has 1 N–H and O–H groups in total. The first-order valence-corrected chi connectivity index (χ1v) is 7.95. The molecule has 1 saturated heterocycles. The Hall–Kier alpha value is -1.22. The second-order valence-corrected chi connectivity index (χ2v) is 5.74. The highest BCUT2D eigenvalue weighted by Crippen LogP contribution is 2.26. The van der Waals surface area contributed by atoms with Gasteiger partial charge < -0.3 is 15.0 Å². The van der Waals surface area contributed by atoms with Crippen LogP contribution >= 0.6 is 0 Å². The van der Waals surface area contributed by atoms with E-state index in [0.29, 0.717) is 0 Å². The van der Waals surface area contributed by atoms with Crippen molar-refractivity contribution < 1.29 is 4.74 Å². The molecule has 1 fully saturated rings. The van der Waals surface area contributed by atoms with E-state index in [-0.39, 0.29) is 6.10 Å². The molecule has 0 bridgehead atoms.